The number of carbonyl (C=O) groups is 1. The van der Waals surface area contributed by atoms with Gasteiger partial charge in [-0.25, -0.2) is 19.0 Å². The molecular weight excluding hydrogens is 419 g/mol. The van der Waals surface area contributed by atoms with Crippen molar-refractivity contribution >= 4 is 46.1 Å². The molecule has 0 saturated carbocycles. The standard InChI is InChI=1S/C18H20ClFN6O2S/c1-28-9-7-21-15-11-10-23-26(16(11)25-18(24-15)29-2)8-6-22-17(27)14-12(19)4-3-5-13(14)20/h3-5,10H,6-9H2,1-2H3,(H,22,27)(H,21,24,25). The first-order chi connectivity index (χ1) is 14.0. The number of carbonyl (C=O) groups excluding carboxylic acids is 1. The van der Waals surface area contributed by atoms with E-state index in [0.29, 0.717) is 36.3 Å². The number of halogens is 2. The minimum absolute atomic E-state index is 0.0659. The summed E-state index contributed by atoms with van der Waals surface area (Å²) in [6.07, 6.45) is 3.56. The Morgan fingerprint density at radius 1 is 1.34 bits per heavy atom. The topological polar surface area (TPSA) is 94.0 Å². The third-order valence-corrected chi connectivity index (χ3v) is 4.92. The van der Waals surface area contributed by atoms with E-state index in [-0.39, 0.29) is 17.1 Å². The van der Waals surface area contributed by atoms with Gasteiger partial charge in [0.1, 0.15) is 11.6 Å². The van der Waals surface area contributed by atoms with Crippen molar-refractivity contribution in [3.63, 3.8) is 0 Å². The van der Waals surface area contributed by atoms with Gasteiger partial charge >= 0.3 is 0 Å². The summed E-state index contributed by atoms with van der Waals surface area (Å²) in [5.74, 6) is -0.570. The Labute approximate surface area is 176 Å². The van der Waals surface area contributed by atoms with Gasteiger partial charge < -0.3 is 15.4 Å². The second-order valence-electron chi connectivity index (χ2n) is 5.94. The van der Waals surface area contributed by atoms with E-state index in [1.807, 2.05) is 6.26 Å². The first-order valence-electron chi connectivity index (χ1n) is 8.77. The van der Waals surface area contributed by atoms with Gasteiger partial charge in [-0.05, 0) is 18.4 Å². The molecule has 0 spiro atoms. The predicted molar refractivity (Wildman–Crippen MR) is 111 cm³/mol. The molecule has 3 aromatic rings. The first-order valence-corrected chi connectivity index (χ1v) is 10.4. The lowest BCUT2D eigenvalue weighted by Gasteiger charge is -2.10. The van der Waals surface area contributed by atoms with Crippen molar-refractivity contribution in [2.45, 2.75) is 11.7 Å². The second-order valence-corrected chi connectivity index (χ2v) is 7.12. The molecule has 0 fully saturated rings. The van der Waals surface area contributed by atoms with Gasteiger partial charge in [0.15, 0.2) is 10.8 Å². The van der Waals surface area contributed by atoms with Crippen LogP contribution in [0.15, 0.2) is 29.6 Å². The average molecular weight is 439 g/mol. The summed E-state index contributed by atoms with van der Waals surface area (Å²) in [6, 6.07) is 4.12. The molecule has 0 bridgehead atoms. The molecule has 0 radical (unpaired) electrons. The van der Waals surface area contributed by atoms with Crippen molar-refractivity contribution in [3.05, 3.63) is 40.8 Å². The van der Waals surface area contributed by atoms with Crippen LogP contribution in [0.2, 0.25) is 5.02 Å². The summed E-state index contributed by atoms with van der Waals surface area (Å²) in [5, 5.41) is 11.7. The predicted octanol–water partition coefficient (Wildman–Crippen LogP) is 2.83. The molecule has 29 heavy (non-hydrogen) atoms. The van der Waals surface area contributed by atoms with Crippen molar-refractivity contribution in [2.24, 2.45) is 0 Å². The number of nitrogens with zero attached hydrogens (tertiary/aromatic N) is 4. The van der Waals surface area contributed by atoms with Gasteiger partial charge in [0.25, 0.3) is 5.91 Å². The molecule has 2 aromatic heterocycles. The Bertz CT molecular complexity index is 995. The summed E-state index contributed by atoms with van der Waals surface area (Å²) >= 11 is 7.35. The molecule has 154 valence electrons. The van der Waals surface area contributed by atoms with E-state index in [9.17, 15) is 9.18 Å². The van der Waals surface area contributed by atoms with Crippen molar-refractivity contribution in [1.82, 2.24) is 25.1 Å². The summed E-state index contributed by atoms with van der Waals surface area (Å²) in [7, 11) is 1.63. The Kier molecular flexibility index (Phi) is 7.24. The molecule has 0 aliphatic carbocycles. The lowest BCUT2D eigenvalue weighted by Crippen LogP contribution is -2.28. The number of aromatic nitrogens is 4. The fourth-order valence-electron chi connectivity index (χ4n) is 2.67. The maximum atomic E-state index is 13.9. The summed E-state index contributed by atoms with van der Waals surface area (Å²) in [4.78, 5) is 21.3. The van der Waals surface area contributed by atoms with Crippen LogP contribution in [0, 0.1) is 5.82 Å². The Balaban J connectivity index is 1.73. The molecule has 0 aliphatic rings. The van der Waals surface area contributed by atoms with Gasteiger partial charge in [-0.15, -0.1) is 0 Å². The molecule has 2 N–H and O–H groups in total. The van der Waals surface area contributed by atoms with Crippen LogP contribution in [0.3, 0.4) is 0 Å². The fraction of sp³-hybridized carbons (Fsp3) is 0.333. The minimum Gasteiger partial charge on any atom is -0.383 e. The highest BCUT2D eigenvalue weighted by atomic mass is 35.5. The Morgan fingerprint density at radius 3 is 2.90 bits per heavy atom. The van der Waals surface area contributed by atoms with Crippen molar-refractivity contribution in [2.75, 3.05) is 38.4 Å². The number of nitrogens with one attached hydrogen (secondary N) is 2. The number of benzene rings is 1. The molecule has 0 atom stereocenters. The number of rotatable bonds is 9. The van der Waals surface area contributed by atoms with Gasteiger partial charge in [-0.1, -0.05) is 29.4 Å². The van der Waals surface area contributed by atoms with Gasteiger partial charge in [-0.3, -0.25) is 4.79 Å². The monoisotopic (exact) mass is 438 g/mol. The molecule has 1 amide bonds. The van der Waals surface area contributed by atoms with Crippen molar-refractivity contribution in [3.8, 4) is 0 Å². The van der Waals surface area contributed by atoms with Crippen LogP contribution in [-0.2, 0) is 11.3 Å². The quantitative estimate of drug-likeness (QED) is 0.301. The Hall–Kier alpha value is -2.43. The number of ether oxygens (including phenoxy) is 1. The number of hydrogen-bond donors (Lipinski definition) is 2. The maximum Gasteiger partial charge on any atom is 0.255 e. The molecular formula is C18H20ClFN6O2S. The van der Waals surface area contributed by atoms with E-state index in [1.54, 1.807) is 18.0 Å². The highest BCUT2D eigenvalue weighted by molar-refractivity contribution is 7.98. The van der Waals surface area contributed by atoms with Crippen LogP contribution in [0.25, 0.3) is 11.0 Å². The molecule has 1 aromatic carbocycles. The maximum absolute atomic E-state index is 13.9. The number of anilines is 1. The molecule has 8 nitrogen and oxygen atoms in total. The van der Waals surface area contributed by atoms with E-state index < -0.39 is 11.7 Å². The second kappa shape index (κ2) is 9.86. The Morgan fingerprint density at radius 2 is 2.17 bits per heavy atom. The number of amides is 1. The van der Waals surface area contributed by atoms with Gasteiger partial charge in [0, 0.05) is 20.2 Å². The van der Waals surface area contributed by atoms with Crippen LogP contribution in [-0.4, -0.2) is 58.7 Å². The summed E-state index contributed by atoms with van der Waals surface area (Å²) < 4.78 is 20.6. The molecule has 11 heteroatoms. The van der Waals surface area contributed by atoms with Gasteiger partial charge in [-0.2, -0.15) is 5.10 Å². The third-order valence-electron chi connectivity index (χ3n) is 4.06. The van der Waals surface area contributed by atoms with Crippen molar-refractivity contribution in [1.29, 1.82) is 0 Å². The number of hydrogen-bond acceptors (Lipinski definition) is 7. The van der Waals surface area contributed by atoms with E-state index in [4.69, 9.17) is 16.3 Å². The summed E-state index contributed by atoms with van der Waals surface area (Å²) in [6.45, 7) is 1.72. The van der Waals surface area contributed by atoms with Crippen LogP contribution in [0.5, 0.6) is 0 Å². The molecule has 3 rings (SSSR count). The highest BCUT2D eigenvalue weighted by Crippen LogP contribution is 2.23. The lowest BCUT2D eigenvalue weighted by molar-refractivity contribution is 0.0948. The number of methoxy groups -OCH3 is 1. The minimum atomic E-state index is -0.663. The zero-order chi connectivity index (χ0) is 20.8. The van der Waals surface area contributed by atoms with Gasteiger partial charge in [0.2, 0.25) is 0 Å². The SMILES string of the molecule is COCCNc1nc(SC)nc2c1cnn2CCNC(=O)c1c(F)cccc1Cl. The zero-order valence-electron chi connectivity index (χ0n) is 15.9. The van der Waals surface area contributed by atoms with Gasteiger partial charge in [0.05, 0.1) is 35.3 Å². The molecule has 2 heterocycles. The van der Waals surface area contributed by atoms with Crippen molar-refractivity contribution < 1.29 is 13.9 Å². The number of thioether (sulfide) groups is 1. The largest absolute Gasteiger partial charge is 0.383 e. The van der Waals surface area contributed by atoms with E-state index >= 15 is 0 Å². The smallest absolute Gasteiger partial charge is 0.255 e. The van der Waals surface area contributed by atoms with E-state index in [0.717, 1.165) is 5.39 Å². The molecule has 0 aliphatic heterocycles. The van der Waals surface area contributed by atoms with Crippen LogP contribution in [0.1, 0.15) is 10.4 Å². The zero-order valence-corrected chi connectivity index (χ0v) is 17.5. The fourth-order valence-corrected chi connectivity index (χ4v) is 3.28. The summed E-state index contributed by atoms with van der Waals surface area (Å²) in [5.41, 5.74) is 0.471. The number of fused-ring (bicyclic) bond motifs is 1. The lowest BCUT2D eigenvalue weighted by atomic mass is 10.2. The average Bonchev–Trinajstić information content (AvgIpc) is 3.11. The molecule has 0 saturated heterocycles. The van der Waals surface area contributed by atoms with E-state index in [1.165, 1.54) is 30.0 Å². The van der Waals surface area contributed by atoms with Crippen LogP contribution >= 0.6 is 23.4 Å². The highest BCUT2D eigenvalue weighted by Gasteiger charge is 2.16. The molecule has 0 unspecified atom stereocenters. The normalized spacial score (nSPS) is 11.0. The first kappa shape index (κ1) is 21.3. The van der Waals surface area contributed by atoms with Crippen LogP contribution < -0.4 is 10.6 Å². The van der Waals surface area contributed by atoms with Crippen LogP contribution in [0.4, 0.5) is 10.2 Å². The van der Waals surface area contributed by atoms with E-state index in [2.05, 4.69) is 25.7 Å². The third kappa shape index (κ3) is 4.95.